The molecule has 0 bridgehead atoms. The van der Waals surface area contributed by atoms with Gasteiger partial charge in [0, 0.05) is 73.0 Å². The third-order valence-electron chi connectivity index (χ3n) is 13.7. The third-order valence-corrected chi connectivity index (χ3v) is 17.6. The van der Waals surface area contributed by atoms with Crippen molar-refractivity contribution in [1.82, 2.24) is 0 Å². The van der Waals surface area contributed by atoms with Crippen molar-refractivity contribution in [3.8, 4) is 0 Å². The van der Waals surface area contributed by atoms with Gasteiger partial charge >= 0.3 is 41.6 Å². The topological polar surface area (TPSA) is 210 Å². The maximum atomic E-state index is 16.5. The van der Waals surface area contributed by atoms with Crippen molar-refractivity contribution in [2.45, 2.75) is 153 Å². The molecular weight excluding hydrogens is 1010 g/mol. The summed E-state index contributed by atoms with van der Waals surface area (Å²) in [7, 11) is -9.80. The Hall–Kier alpha value is -5.14. The molecule has 7 rings (SSSR count). The van der Waals surface area contributed by atoms with Crippen molar-refractivity contribution >= 4 is 54.7 Å². The van der Waals surface area contributed by atoms with E-state index in [2.05, 4.69) is 0 Å². The minimum atomic E-state index is -6.22. The van der Waals surface area contributed by atoms with E-state index in [1.54, 1.807) is 6.92 Å². The molecule has 2 saturated heterocycles. The van der Waals surface area contributed by atoms with Crippen molar-refractivity contribution in [2.75, 3.05) is 6.61 Å². The molecule has 0 unspecified atom stereocenters. The van der Waals surface area contributed by atoms with Crippen LogP contribution in [0.15, 0.2) is 67.1 Å². The Balaban J connectivity index is 1.25. The summed E-state index contributed by atoms with van der Waals surface area (Å²) in [6.45, 7) is 11.5. The minimum absolute atomic E-state index is 0.00224. The van der Waals surface area contributed by atoms with Crippen LogP contribution >= 0.6 is 0 Å². The molecule has 0 saturated carbocycles. The molecule has 0 aromatic heterocycles. The predicted molar refractivity (Wildman–Crippen MR) is 238 cm³/mol. The van der Waals surface area contributed by atoms with Crippen molar-refractivity contribution in [2.24, 2.45) is 17.8 Å². The van der Waals surface area contributed by atoms with E-state index in [0.29, 0.717) is 0 Å². The summed E-state index contributed by atoms with van der Waals surface area (Å²) in [5.41, 5.74) is -7.80. The van der Waals surface area contributed by atoms with E-state index >= 15 is 26.3 Å². The number of esters is 4. The summed E-state index contributed by atoms with van der Waals surface area (Å²) in [6, 6.07) is 6.19. The molecule has 24 heteroatoms. The molecule has 4 aliphatic heterocycles. The van der Waals surface area contributed by atoms with Crippen LogP contribution in [0.4, 0.5) is 26.3 Å². The van der Waals surface area contributed by atoms with E-state index in [0.717, 1.165) is 65.0 Å². The highest BCUT2D eigenvalue weighted by Gasteiger charge is 2.81. The van der Waals surface area contributed by atoms with E-state index in [9.17, 15) is 36.0 Å². The van der Waals surface area contributed by atoms with Crippen LogP contribution in [0.2, 0.25) is 0 Å². The Kier molecular flexibility index (Phi) is 14.6. The number of halogens is 6. The molecular formula is C48H52F6O16S2. The molecule has 2 aromatic rings. The second-order valence-corrected chi connectivity index (χ2v) is 22.6. The Morgan fingerprint density at radius 1 is 0.569 bits per heavy atom. The lowest BCUT2D eigenvalue weighted by Gasteiger charge is -2.43. The van der Waals surface area contributed by atoms with Gasteiger partial charge in [0.05, 0.1) is 38.9 Å². The Bertz CT molecular complexity index is 2930. The van der Waals surface area contributed by atoms with Gasteiger partial charge in [0.2, 0.25) is 19.7 Å². The highest BCUT2D eigenvalue weighted by atomic mass is 32.2. The SMILES string of the molecule is CC(=O)OC[C@H]1O[C@@H](OCc2ccc3c(c2)S(=O)(=O)C(C)=C3C2=C(C3=C(C)S(=O)(=O)c4cc(CO[C@@H]5O[C@H](C)[C@@H](C)[C@H](C)[C@H]5OC(C)=O)ccc43)C(F)(F)C(F)(F)C2(F)F)[C@H](C)[C@@H](OC(C)=O)[C@@H]1OC(C)=O. The van der Waals surface area contributed by atoms with Crippen LogP contribution in [0.25, 0.3) is 11.1 Å². The summed E-state index contributed by atoms with van der Waals surface area (Å²) < 4.78 is 199. The molecule has 2 fully saturated rings. The van der Waals surface area contributed by atoms with Crippen LogP contribution in [0, 0.1) is 17.8 Å². The maximum Gasteiger partial charge on any atom is 0.380 e. The number of rotatable bonds is 13. The third kappa shape index (κ3) is 9.17. The van der Waals surface area contributed by atoms with Gasteiger partial charge in [-0.15, -0.1) is 0 Å². The molecule has 4 heterocycles. The van der Waals surface area contributed by atoms with Gasteiger partial charge in [-0.1, -0.05) is 45.0 Å². The zero-order valence-electron chi connectivity index (χ0n) is 40.5. The summed E-state index contributed by atoms with van der Waals surface area (Å²) in [5, 5.41) is 0. The molecule has 394 valence electrons. The highest BCUT2D eigenvalue weighted by Crippen LogP contribution is 2.67. The zero-order valence-corrected chi connectivity index (χ0v) is 42.1. The van der Waals surface area contributed by atoms with Crippen molar-refractivity contribution in [3.63, 3.8) is 0 Å². The lowest BCUT2D eigenvalue weighted by molar-refractivity contribution is -0.291. The fourth-order valence-corrected chi connectivity index (χ4v) is 12.8. The van der Waals surface area contributed by atoms with Crippen LogP contribution in [0.3, 0.4) is 0 Å². The first-order chi connectivity index (χ1) is 33.3. The Labute approximate surface area is 410 Å². The standard InChI is InChI=1S/C48H52F6O16S2/c1-20-21(2)42(68-28(9)57)45(66-23(20)4)65-18-31-12-14-33-36(16-31)72(61,62)25(6)38(33)40-39(46(49,50)48(53,54)47(40,51)52)37-24(5)71(59,60)35-15-30(11-13-32(35)37)17-64-44-22(3)41(67-27(8)56)43(69-29(10)58)34(70-44)19-63-26(7)55/h11-16,20-23,34,41-45H,17-19H2,1-10H3/t20-,21-,22+,23+,34+,41+,42+,43+,44+,45+/m0/s1. The zero-order chi connectivity index (χ0) is 53.5. The molecule has 0 radical (unpaired) electrons. The fraction of sp³-hybridized carbons (Fsp3) is 0.542. The quantitative estimate of drug-likeness (QED) is 0.109. The largest absolute Gasteiger partial charge is 0.463 e. The molecule has 5 aliphatic rings. The van der Waals surface area contributed by atoms with E-state index in [1.807, 2.05) is 13.8 Å². The predicted octanol–water partition coefficient (Wildman–Crippen LogP) is 7.41. The molecule has 2 aromatic carbocycles. The highest BCUT2D eigenvalue weighted by molar-refractivity contribution is 7.96. The summed E-state index contributed by atoms with van der Waals surface area (Å²) >= 11 is 0. The van der Waals surface area contributed by atoms with E-state index < -0.39 is 177 Å². The Morgan fingerprint density at radius 2 is 1.00 bits per heavy atom. The van der Waals surface area contributed by atoms with Gasteiger partial charge in [-0.05, 0) is 49.9 Å². The first-order valence-corrected chi connectivity index (χ1v) is 25.5. The van der Waals surface area contributed by atoms with E-state index in [-0.39, 0.29) is 29.1 Å². The summed E-state index contributed by atoms with van der Waals surface area (Å²) in [4.78, 5) is 44.3. The number of carbonyl (C=O) groups excluding carboxylic acids is 4. The monoisotopic (exact) mass is 1060 g/mol. The fourth-order valence-electron chi connectivity index (χ4n) is 9.66. The van der Waals surface area contributed by atoms with E-state index in [1.165, 1.54) is 19.9 Å². The molecule has 1 aliphatic carbocycles. The van der Waals surface area contributed by atoms with Crippen LogP contribution in [0.5, 0.6) is 0 Å². The number of sulfone groups is 2. The molecule has 72 heavy (non-hydrogen) atoms. The number of alkyl halides is 6. The first kappa shape index (κ1) is 54.6. The molecule has 0 spiro atoms. The van der Waals surface area contributed by atoms with Crippen molar-refractivity contribution < 1.29 is 100 Å². The van der Waals surface area contributed by atoms with Crippen molar-refractivity contribution in [1.29, 1.82) is 0 Å². The van der Waals surface area contributed by atoms with Crippen LogP contribution < -0.4 is 0 Å². The number of hydrogen-bond donors (Lipinski definition) is 0. The van der Waals surface area contributed by atoms with Crippen molar-refractivity contribution in [3.05, 3.63) is 79.6 Å². The van der Waals surface area contributed by atoms with Gasteiger partial charge in [0.15, 0.2) is 24.8 Å². The number of carbonyl (C=O) groups is 4. The van der Waals surface area contributed by atoms with Gasteiger partial charge in [0.1, 0.15) is 18.8 Å². The van der Waals surface area contributed by atoms with Crippen LogP contribution in [0.1, 0.15) is 91.5 Å². The number of fused-ring (bicyclic) bond motifs is 2. The summed E-state index contributed by atoms with van der Waals surface area (Å²) in [6.07, 6.45) is -7.52. The second kappa shape index (κ2) is 19.3. The number of benzene rings is 2. The minimum Gasteiger partial charge on any atom is -0.463 e. The average Bonchev–Trinajstić information content (AvgIpc) is 3.64. The number of allylic oxidation sites excluding steroid dienone is 6. The first-order valence-electron chi connectivity index (χ1n) is 22.6. The van der Waals surface area contributed by atoms with Gasteiger partial charge in [-0.2, -0.15) is 26.3 Å². The van der Waals surface area contributed by atoms with Crippen LogP contribution in [-0.2, 0) is 90.0 Å². The van der Waals surface area contributed by atoms with Gasteiger partial charge < -0.3 is 37.9 Å². The molecule has 16 nitrogen and oxygen atoms in total. The lowest BCUT2D eigenvalue weighted by Crippen LogP contribution is -2.58. The normalized spacial score (nSPS) is 30.7. The smallest absolute Gasteiger partial charge is 0.380 e. The molecule has 10 atom stereocenters. The number of hydrogen-bond acceptors (Lipinski definition) is 16. The lowest BCUT2D eigenvalue weighted by atomic mass is 9.84. The van der Waals surface area contributed by atoms with Gasteiger partial charge in [0.25, 0.3) is 0 Å². The number of ether oxygens (including phenoxy) is 8. The average molecular weight is 1060 g/mol. The summed E-state index contributed by atoms with van der Waals surface area (Å²) in [5.74, 6) is -22.0. The van der Waals surface area contributed by atoms with E-state index in [4.69, 9.17) is 37.9 Å². The molecule has 0 N–H and O–H groups in total. The maximum absolute atomic E-state index is 16.5. The van der Waals surface area contributed by atoms with Gasteiger partial charge in [-0.3, -0.25) is 19.2 Å². The molecule has 0 amide bonds. The Morgan fingerprint density at radius 3 is 1.44 bits per heavy atom. The van der Waals surface area contributed by atoms with Gasteiger partial charge in [-0.25, -0.2) is 16.8 Å². The second-order valence-electron chi connectivity index (χ2n) is 18.5. The van der Waals surface area contributed by atoms with Crippen LogP contribution in [-0.4, -0.2) is 108 Å².